The lowest BCUT2D eigenvalue weighted by Gasteiger charge is -2.35. The van der Waals surface area contributed by atoms with Gasteiger partial charge < -0.3 is 14.8 Å². The Morgan fingerprint density at radius 3 is 2.52 bits per heavy atom. The summed E-state index contributed by atoms with van der Waals surface area (Å²) in [6, 6.07) is 13.7. The highest BCUT2D eigenvalue weighted by Gasteiger charge is 2.30. The summed E-state index contributed by atoms with van der Waals surface area (Å²) in [6.45, 7) is 3.26. The second kappa shape index (κ2) is 7.40. The van der Waals surface area contributed by atoms with Gasteiger partial charge in [-0.05, 0) is 31.2 Å². The first-order valence-corrected chi connectivity index (χ1v) is 9.35. The molecule has 3 aromatic rings. The van der Waals surface area contributed by atoms with Crippen molar-refractivity contribution in [3.63, 3.8) is 0 Å². The number of nitriles is 1. The van der Waals surface area contributed by atoms with Crippen molar-refractivity contribution in [2.24, 2.45) is 0 Å². The molecular formula is C22H19FN4O2. The number of piperazine rings is 1. The predicted octanol–water partition coefficient (Wildman–Crippen LogP) is 3.02. The molecule has 1 saturated heterocycles. The number of aromatic nitrogens is 1. The van der Waals surface area contributed by atoms with Gasteiger partial charge in [-0.1, -0.05) is 18.2 Å². The number of benzene rings is 2. The molecule has 0 unspecified atom stereocenters. The highest BCUT2D eigenvalue weighted by molar-refractivity contribution is 6.45. The number of nitrogens with one attached hydrogen (secondary N) is 1. The van der Waals surface area contributed by atoms with E-state index >= 15 is 0 Å². The minimum absolute atomic E-state index is 0.264. The summed E-state index contributed by atoms with van der Waals surface area (Å²) in [5, 5.41) is 9.60. The fraction of sp³-hybridized carbons (Fsp3) is 0.227. The molecule has 1 aromatic heterocycles. The Morgan fingerprint density at radius 2 is 1.83 bits per heavy atom. The van der Waals surface area contributed by atoms with Gasteiger partial charge in [0.05, 0.1) is 22.9 Å². The standard InChI is InChI=1S/C22H19FN4O2/c1-14-20(16-4-2-3-5-18(16)25-14)21(28)22(29)27-10-8-26(9-11-27)19-7-6-15(13-24)12-17(19)23/h2-7,12,25H,8-11H2,1H3. The first-order chi connectivity index (χ1) is 14.0. The maximum absolute atomic E-state index is 14.3. The normalized spacial score (nSPS) is 14.1. The van der Waals surface area contributed by atoms with E-state index in [4.69, 9.17) is 5.26 Å². The van der Waals surface area contributed by atoms with Crippen LogP contribution in [0.2, 0.25) is 0 Å². The number of rotatable bonds is 3. The third-order valence-electron chi connectivity index (χ3n) is 5.30. The molecule has 4 rings (SSSR count). The van der Waals surface area contributed by atoms with Gasteiger partial charge in [-0.25, -0.2) is 4.39 Å². The Balaban J connectivity index is 1.48. The number of hydrogen-bond donors (Lipinski definition) is 1. The molecule has 1 amide bonds. The summed E-state index contributed by atoms with van der Waals surface area (Å²) in [4.78, 5) is 32.2. The van der Waals surface area contributed by atoms with Gasteiger partial charge in [-0.15, -0.1) is 0 Å². The van der Waals surface area contributed by atoms with Crippen molar-refractivity contribution < 1.29 is 14.0 Å². The minimum Gasteiger partial charge on any atom is -0.366 e. The highest BCUT2D eigenvalue weighted by Crippen LogP contribution is 2.24. The number of hydrogen-bond acceptors (Lipinski definition) is 4. The molecule has 1 N–H and O–H groups in total. The lowest BCUT2D eigenvalue weighted by molar-refractivity contribution is -0.126. The van der Waals surface area contributed by atoms with Gasteiger partial charge in [0.1, 0.15) is 5.82 Å². The molecule has 0 bridgehead atoms. The number of anilines is 1. The Hall–Kier alpha value is -3.66. The number of aromatic amines is 1. The van der Waals surface area contributed by atoms with E-state index < -0.39 is 17.5 Å². The van der Waals surface area contributed by atoms with Gasteiger partial charge in [0.2, 0.25) is 0 Å². The molecule has 146 valence electrons. The van der Waals surface area contributed by atoms with Crippen LogP contribution < -0.4 is 4.90 Å². The van der Waals surface area contributed by atoms with Crippen LogP contribution in [-0.2, 0) is 4.79 Å². The molecule has 0 radical (unpaired) electrons. The van der Waals surface area contributed by atoms with E-state index in [1.807, 2.05) is 35.2 Å². The van der Waals surface area contributed by atoms with E-state index in [1.165, 1.54) is 11.0 Å². The molecule has 0 atom stereocenters. The Morgan fingerprint density at radius 1 is 1.10 bits per heavy atom. The summed E-state index contributed by atoms with van der Waals surface area (Å²) in [6.07, 6.45) is 0. The number of carbonyl (C=O) groups excluding carboxylic acids is 2. The van der Waals surface area contributed by atoms with Crippen molar-refractivity contribution in [1.82, 2.24) is 9.88 Å². The number of halogens is 1. The largest absolute Gasteiger partial charge is 0.366 e. The van der Waals surface area contributed by atoms with Crippen LogP contribution in [0.1, 0.15) is 21.6 Å². The maximum Gasteiger partial charge on any atom is 0.295 e. The number of carbonyl (C=O) groups is 2. The topological polar surface area (TPSA) is 80.2 Å². The number of Topliss-reactive ketones (excluding diaryl/α,β-unsaturated/α-hetero) is 1. The Labute approximate surface area is 167 Å². The zero-order valence-corrected chi connectivity index (χ0v) is 15.9. The predicted molar refractivity (Wildman–Crippen MR) is 107 cm³/mol. The minimum atomic E-state index is -0.544. The van der Waals surface area contributed by atoms with Crippen molar-refractivity contribution in [3.05, 3.63) is 65.1 Å². The third-order valence-corrected chi connectivity index (χ3v) is 5.30. The van der Waals surface area contributed by atoms with E-state index in [-0.39, 0.29) is 5.56 Å². The smallest absolute Gasteiger partial charge is 0.295 e. The van der Waals surface area contributed by atoms with E-state index in [2.05, 4.69) is 4.98 Å². The van der Waals surface area contributed by atoms with Crippen molar-refractivity contribution in [2.75, 3.05) is 31.1 Å². The zero-order chi connectivity index (χ0) is 20.5. The van der Waals surface area contributed by atoms with Gasteiger partial charge in [-0.3, -0.25) is 9.59 Å². The van der Waals surface area contributed by atoms with Gasteiger partial charge in [0.25, 0.3) is 11.7 Å². The third kappa shape index (κ3) is 3.34. The van der Waals surface area contributed by atoms with Crippen LogP contribution in [0.15, 0.2) is 42.5 Å². The average Bonchev–Trinajstić information content (AvgIpc) is 3.08. The number of nitrogens with zero attached hydrogens (tertiary/aromatic N) is 3. The molecular weight excluding hydrogens is 371 g/mol. The quantitative estimate of drug-likeness (QED) is 0.551. The molecule has 7 heteroatoms. The molecule has 1 aliphatic heterocycles. The van der Waals surface area contributed by atoms with Gasteiger partial charge >= 0.3 is 0 Å². The molecule has 1 fully saturated rings. The van der Waals surface area contributed by atoms with Gasteiger partial charge in [-0.2, -0.15) is 5.26 Å². The monoisotopic (exact) mass is 390 g/mol. The van der Waals surface area contributed by atoms with Crippen LogP contribution in [0.4, 0.5) is 10.1 Å². The van der Waals surface area contributed by atoms with Crippen LogP contribution in [0.5, 0.6) is 0 Å². The number of amides is 1. The number of para-hydroxylation sites is 1. The molecule has 6 nitrogen and oxygen atoms in total. The molecule has 1 aliphatic rings. The van der Waals surface area contributed by atoms with Crippen molar-refractivity contribution in [3.8, 4) is 6.07 Å². The second-order valence-electron chi connectivity index (χ2n) is 7.06. The fourth-order valence-corrected chi connectivity index (χ4v) is 3.80. The molecule has 2 aromatic carbocycles. The van der Waals surface area contributed by atoms with Crippen LogP contribution >= 0.6 is 0 Å². The van der Waals surface area contributed by atoms with Crippen molar-refractivity contribution in [1.29, 1.82) is 5.26 Å². The molecule has 0 spiro atoms. The van der Waals surface area contributed by atoms with Gasteiger partial charge in [0.15, 0.2) is 0 Å². The Kier molecular flexibility index (Phi) is 4.77. The van der Waals surface area contributed by atoms with Crippen LogP contribution in [0, 0.1) is 24.1 Å². The van der Waals surface area contributed by atoms with E-state index in [1.54, 1.807) is 19.1 Å². The first-order valence-electron chi connectivity index (χ1n) is 9.35. The first kappa shape index (κ1) is 18.7. The van der Waals surface area contributed by atoms with Crippen molar-refractivity contribution in [2.45, 2.75) is 6.92 Å². The lowest BCUT2D eigenvalue weighted by Crippen LogP contribution is -2.51. The summed E-state index contributed by atoms with van der Waals surface area (Å²) in [5.41, 5.74) is 2.56. The highest BCUT2D eigenvalue weighted by atomic mass is 19.1. The second-order valence-corrected chi connectivity index (χ2v) is 7.06. The van der Waals surface area contributed by atoms with E-state index in [9.17, 15) is 14.0 Å². The SMILES string of the molecule is Cc1[nH]c2ccccc2c1C(=O)C(=O)N1CCN(c2ccc(C#N)cc2F)CC1. The van der Waals surface area contributed by atoms with Crippen LogP contribution in [-0.4, -0.2) is 47.8 Å². The van der Waals surface area contributed by atoms with Crippen molar-refractivity contribution >= 4 is 28.3 Å². The molecule has 0 saturated carbocycles. The summed E-state index contributed by atoms with van der Waals surface area (Å²) >= 11 is 0. The van der Waals surface area contributed by atoms with Crippen LogP contribution in [0.3, 0.4) is 0 Å². The lowest BCUT2D eigenvalue weighted by atomic mass is 10.1. The average molecular weight is 390 g/mol. The Bertz CT molecular complexity index is 1150. The number of fused-ring (bicyclic) bond motifs is 1. The van der Waals surface area contributed by atoms with Crippen LogP contribution in [0.25, 0.3) is 10.9 Å². The fourth-order valence-electron chi connectivity index (χ4n) is 3.80. The summed E-state index contributed by atoms with van der Waals surface area (Å²) < 4.78 is 14.3. The van der Waals surface area contributed by atoms with E-state index in [0.29, 0.717) is 43.1 Å². The number of aryl methyl sites for hydroxylation is 1. The summed E-state index contributed by atoms with van der Waals surface area (Å²) in [7, 11) is 0. The number of H-pyrrole nitrogens is 1. The molecule has 29 heavy (non-hydrogen) atoms. The maximum atomic E-state index is 14.3. The van der Waals surface area contributed by atoms with E-state index in [0.717, 1.165) is 10.9 Å². The van der Waals surface area contributed by atoms with Gasteiger partial charge in [0, 0.05) is 42.8 Å². The zero-order valence-electron chi connectivity index (χ0n) is 15.9. The molecule has 2 heterocycles. The number of ketones is 1. The molecule has 0 aliphatic carbocycles. The summed E-state index contributed by atoms with van der Waals surface area (Å²) in [5.74, 6) is -1.54.